The lowest BCUT2D eigenvalue weighted by atomic mass is 10.1. The molecule has 5 nitrogen and oxygen atoms in total. The SMILES string of the molecule is C[C@H](N[S+]([O-])C(C)(C)C)c1ccc(-n2cc(Cl)cn2)nc1. The van der Waals surface area contributed by atoms with Crippen molar-refractivity contribution in [2.45, 2.75) is 38.5 Å². The van der Waals surface area contributed by atoms with Crippen LogP contribution in [0.1, 0.15) is 39.3 Å². The van der Waals surface area contributed by atoms with Crippen LogP contribution in [-0.4, -0.2) is 24.1 Å². The number of nitrogens with zero attached hydrogens (tertiary/aromatic N) is 3. The Morgan fingerprint density at radius 1 is 1.33 bits per heavy atom. The molecular formula is C14H19ClN4OS. The minimum absolute atomic E-state index is 0.0483. The molecular weight excluding hydrogens is 308 g/mol. The summed E-state index contributed by atoms with van der Waals surface area (Å²) in [6.45, 7) is 7.77. The maximum atomic E-state index is 12.1. The van der Waals surface area contributed by atoms with Crippen molar-refractivity contribution >= 4 is 23.0 Å². The lowest BCUT2D eigenvalue weighted by Gasteiger charge is -2.26. The topological polar surface area (TPSA) is 65.8 Å². The molecule has 0 saturated carbocycles. The Balaban J connectivity index is 2.08. The third-order valence-corrected chi connectivity index (χ3v) is 4.77. The lowest BCUT2D eigenvalue weighted by Crippen LogP contribution is -2.40. The Kier molecular flexibility index (Phi) is 4.93. The molecule has 21 heavy (non-hydrogen) atoms. The second kappa shape index (κ2) is 6.36. The molecule has 2 aromatic heterocycles. The lowest BCUT2D eigenvalue weighted by molar-refractivity contribution is 0.531. The molecule has 1 N–H and O–H groups in total. The number of pyridine rings is 1. The molecule has 0 aliphatic rings. The van der Waals surface area contributed by atoms with Gasteiger partial charge < -0.3 is 4.55 Å². The third kappa shape index (κ3) is 4.20. The zero-order valence-corrected chi connectivity index (χ0v) is 14.1. The molecule has 2 heterocycles. The zero-order valence-electron chi connectivity index (χ0n) is 12.5. The van der Waals surface area contributed by atoms with E-state index < -0.39 is 11.4 Å². The Hall–Kier alpha value is -1.08. The molecule has 2 aromatic rings. The van der Waals surface area contributed by atoms with Crippen LogP contribution < -0.4 is 4.72 Å². The molecule has 114 valence electrons. The number of halogens is 1. The van der Waals surface area contributed by atoms with Gasteiger partial charge in [0.05, 0.1) is 23.5 Å². The van der Waals surface area contributed by atoms with Crippen molar-refractivity contribution < 1.29 is 4.55 Å². The first-order chi connectivity index (χ1) is 9.77. The number of rotatable bonds is 4. The van der Waals surface area contributed by atoms with E-state index in [2.05, 4.69) is 14.8 Å². The Bertz CT molecular complexity index is 594. The molecule has 0 bridgehead atoms. The number of nitrogens with one attached hydrogen (secondary N) is 1. The molecule has 0 aromatic carbocycles. The van der Waals surface area contributed by atoms with Gasteiger partial charge in [-0.3, -0.25) is 0 Å². The largest absolute Gasteiger partial charge is 0.598 e. The van der Waals surface area contributed by atoms with Crippen LogP contribution in [0.3, 0.4) is 0 Å². The van der Waals surface area contributed by atoms with Crippen LogP contribution in [-0.2, 0) is 11.4 Å². The number of hydrogen-bond acceptors (Lipinski definition) is 4. The van der Waals surface area contributed by atoms with Gasteiger partial charge in [-0.2, -0.15) is 5.10 Å². The van der Waals surface area contributed by atoms with Gasteiger partial charge in [0, 0.05) is 17.6 Å². The van der Waals surface area contributed by atoms with E-state index in [1.165, 1.54) is 0 Å². The van der Waals surface area contributed by atoms with Crippen molar-refractivity contribution in [2.75, 3.05) is 0 Å². The van der Waals surface area contributed by atoms with Crippen molar-refractivity contribution in [3.8, 4) is 5.82 Å². The highest BCUT2D eigenvalue weighted by molar-refractivity contribution is 7.90. The summed E-state index contributed by atoms with van der Waals surface area (Å²) in [6, 6.07) is 3.75. The summed E-state index contributed by atoms with van der Waals surface area (Å²) in [5.74, 6) is 0.690. The van der Waals surface area contributed by atoms with Gasteiger partial charge in [-0.05, 0) is 39.3 Å². The quantitative estimate of drug-likeness (QED) is 0.877. The Morgan fingerprint density at radius 3 is 2.52 bits per heavy atom. The zero-order chi connectivity index (χ0) is 15.6. The standard InChI is InChI=1S/C14H19ClN4OS/c1-10(18-21(20)14(2,3)4)11-5-6-13(16-7-11)19-9-12(15)8-17-19/h5-10,18H,1-4H3/t10-,21?/m0/s1. The minimum atomic E-state index is -1.12. The van der Waals surface area contributed by atoms with E-state index in [0.29, 0.717) is 10.8 Å². The van der Waals surface area contributed by atoms with Crippen molar-refractivity contribution in [3.63, 3.8) is 0 Å². The predicted octanol–water partition coefficient (Wildman–Crippen LogP) is 3.03. The van der Waals surface area contributed by atoms with Crippen LogP contribution in [0.2, 0.25) is 5.02 Å². The fraction of sp³-hybridized carbons (Fsp3) is 0.429. The number of hydrogen-bond donors (Lipinski definition) is 1. The smallest absolute Gasteiger partial charge is 0.153 e. The van der Waals surface area contributed by atoms with Gasteiger partial charge in [-0.15, -0.1) is 4.72 Å². The molecule has 7 heteroatoms. The molecule has 2 rings (SSSR count). The van der Waals surface area contributed by atoms with Gasteiger partial charge in [0.15, 0.2) is 5.82 Å². The van der Waals surface area contributed by atoms with Crippen LogP contribution in [0.25, 0.3) is 5.82 Å². The fourth-order valence-electron chi connectivity index (χ4n) is 1.62. The van der Waals surface area contributed by atoms with Gasteiger partial charge in [0.25, 0.3) is 0 Å². The second-order valence-corrected chi connectivity index (χ2v) is 8.21. The van der Waals surface area contributed by atoms with Crippen LogP contribution in [0.5, 0.6) is 0 Å². The summed E-state index contributed by atoms with van der Waals surface area (Å²) in [6.07, 6.45) is 5.01. The molecule has 2 atom stereocenters. The summed E-state index contributed by atoms with van der Waals surface area (Å²) in [4.78, 5) is 4.36. The van der Waals surface area contributed by atoms with E-state index in [0.717, 1.165) is 5.56 Å². The highest BCUT2D eigenvalue weighted by Gasteiger charge is 2.28. The van der Waals surface area contributed by atoms with E-state index >= 15 is 0 Å². The van der Waals surface area contributed by atoms with Crippen LogP contribution in [0, 0.1) is 0 Å². The highest BCUT2D eigenvalue weighted by Crippen LogP contribution is 2.20. The van der Waals surface area contributed by atoms with Gasteiger partial charge >= 0.3 is 0 Å². The van der Waals surface area contributed by atoms with Gasteiger partial charge in [-0.25, -0.2) is 9.67 Å². The van der Waals surface area contributed by atoms with E-state index in [1.54, 1.807) is 23.3 Å². The predicted molar refractivity (Wildman–Crippen MR) is 85.8 cm³/mol. The summed E-state index contributed by atoms with van der Waals surface area (Å²) < 4.78 is 16.5. The van der Waals surface area contributed by atoms with E-state index in [-0.39, 0.29) is 10.8 Å². The van der Waals surface area contributed by atoms with Crippen molar-refractivity contribution in [2.24, 2.45) is 0 Å². The molecule has 0 radical (unpaired) electrons. The molecule has 0 spiro atoms. The van der Waals surface area contributed by atoms with Crippen LogP contribution in [0.15, 0.2) is 30.7 Å². The monoisotopic (exact) mass is 326 g/mol. The van der Waals surface area contributed by atoms with Crippen molar-refractivity contribution in [1.82, 2.24) is 19.5 Å². The first kappa shape index (κ1) is 16.3. The maximum Gasteiger partial charge on any atom is 0.153 e. The van der Waals surface area contributed by atoms with E-state index in [4.69, 9.17) is 11.6 Å². The van der Waals surface area contributed by atoms with Crippen molar-refractivity contribution in [3.05, 3.63) is 41.3 Å². The van der Waals surface area contributed by atoms with Gasteiger partial charge in [0.1, 0.15) is 4.75 Å². The molecule has 0 aliphatic carbocycles. The average molecular weight is 327 g/mol. The first-order valence-electron chi connectivity index (χ1n) is 6.62. The maximum absolute atomic E-state index is 12.1. The van der Waals surface area contributed by atoms with Gasteiger partial charge in [0.2, 0.25) is 0 Å². The number of aromatic nitrogens is 3. The Morgan fingerprint density at radius 2 is 2.05 bits per heavy atom. The van der Waals surface area contributed by atoms with Crippen LogP contribution >= 0.6 is 11.6 Å². The normalized spacial score (nSPS) is 15.0. The highest BCUT2D eigenvalue weighted by atomic mass is 35.5. The molecule has 0 fully saturated rings. The summed E-state index contributed by atoms with van der Waals surface area (Å²) in [5, 5.41) is 4.67. The minimum Gasteiger partial charge on any atom is -0.598 e. The second-order valence-electron chi connectivity index (χ2n) is 5.77. The Labute approximate surface area is 133 Å². The molecule has 0 saturated heterocycles. The molecule has 0 amide bonds. The van der Waals surface area contributed by atoms with E-state index in [9.17, 15) is 4.55 Å². The van der Waals surface area contributed by atoms with Crippen molar-refractivity contribution in [1.29, 1.82) is 0 Å². The van der Waals surface area contributed by atoms with Gasteiger partial charge in [-0.1, -0.05) is 17.7 Å². The fourth-order valence-corrected chi connectivity index (χ4v) is 2.57. The van der Waals surface area contributed by atoms with E-state index in [1.807, 2.05) is 39.8 Å². The summed E-state index contributed by atoms with van der Waals surface area (Å²) in [7, 11) is 0. The molecule has 1 unspecified atom stereocenters. The third-order valence-electron chi connectivity index (χ3n) is 2.90. The molecule has 0 aliphatic heterocycles. The summed E-state index contributed by atoms with van der Waals surface area (Å²) in [5.41, 5.74) is 0.967. The van der Waals surface area contributed by atoms with Crippen LogP contribution in [0.4, 0.5) is 0 Å². The summed E-state index contributed by atoms with van der Waals surface area (Å²) >= 11 is 4.72. The average Bonchev–Trinajstić information content (AvgIpc) is 2.84. The first-order valence-corrected chi connectivity index (χ1v) is 8.14.